The first-order valence-corrected chi connectivity index (χ1v) is 6.35. The van der Waals surface area contributed by atoms with Gasteiger partial charge in [-0.05, 0) is 23.3 Å². The molecule has 3 aromatic carbocycles. The Labute approximate surface area is 112 Å². The van der Waals surface area contributed by atoms with Crippen LogP contribution in [0.1, 0.15) is 11.1 Å². The predicted octanol–water partition coefficient (Wildman–Crippen LogP) is 3.80. The zero-order valence-electron chi connectivity index (χ0n) is 11.1. The molecule has 0 saturated heterocycles. The van der Waals surface area contributed by atoms with E-state index in [1.807, 2.05) is 24.3 Å². The molecule has 0 aromatic heterocycles. The molecule has 2 heteroatoms. The molecule has 0 bridgehead atoms. The maximum absolute atomic E-state index is 9.75. The molecule has 0 saturated carbocycles. The molecule has 96 valence electrons. The van der Waals surface area contributed by atoms with E-state index in [-0.39, 0.29) is 6.61 Å². The second kappa shape index (κ2) is 4.56. The van der Waals surface area contributed by atoms with Gasteiger partial charge < -0.3 is 9.84 Å². The van der Waals surface area contributed by atoms with Crippen molar-refractivity contribution in [3.63, 3.8) is 0 Å². The molecule has 0 heterocycles. The molecule has 19 heavy (non-hydrogen) atoms. The van der Waals surface area contributed by atoms with Gasteiger partial charge in [0.2, 0.25) is 0 Å². The predicted molar refractivity (Wildman–Crippen MR) is 78.7 cm³/mol. The monoisotopic (exact) mass is 252 g/mol. The van der Waals surface area contributed by atoms with Gasteiger partial charge in [0.05, 0.1) is 13.7 Å². The van der Waals surface area contributed by atoms with Crippen LogP contribution in [0.4, 0.5) is 0 Å². The standard InChI is InChI=1S/C17H16O2/c1-11-7-8-14-15(9-11)16(10-18)12-5-3-4-6-13(12)17(14)19-2/h3-9,18H,10H2,1-2H3. The summed E-state index contributed by atoms with van der Waals surface area (Å²) in [5, 5.41) is 14.0. The largest absolute Gasteiger partial charge is 0.495 e. The fourth-order valence-electron chi connectivity index (χ4n) is 2.73. The van der Waals surface area contributed by atoms with Crippen LogP contribution < -0.4 is 4.74 Å². The van der Waals surface area contributed by atoms with Crippen LogP contribution in [0.5, 0.6) is 5.75 Å². The van der Waals surface area contributed by atoms with E-state index in [4.69, 9.17) is 4.74 Å². The topological polar surface area (TPSA) is 29.5 Å². The number of aryl methyl sites for hydroxylation is 1. The fraction of sp³-hybridized carbons (Fsp3) is 0.176. The van der Waals surface area contributed by atoms with Gasteiger partial charge in [0, 0.05) is 10.8 Å². The van der Waals surface area contributed by atoms with Crippen molar-refractivity contribution in [1.82, 2.24) is 0 Å². The number of methoxy groups -OCH3 is 1. The summed E-state index contributed by atoms with van der Waals surface area (Å²) >= 11 is 0. The van der Waals surface area contributed by atoms with E-state index < -0.39 is 0 Å². The van der Waals surface area contributed by atoms with Crippen LogP contribution in [-0.4, -0.2) is 12.2 Å². The SMILES string of the molecule is COc1c2ccccc2c(CO)c2cc(C)ccc12. The van der Waals surface area contributed by atoms with Gasteiger partial charge in [0.1, 0.15) is 5.75 Å². The highest BCUT2D eigenvalue weighted by Gasteiger charge is 2.13. The van der Waals surface area contributed by atoms with Gasteiger partial charge >= 0.3 is 0 Å². The number of hydrogen-bond acceptors (Lipinski definition) is 2. The molecule has 0 unspecified atom stereocenters. The molecule has 0 spiro atoms. The summed E-state index contributed by atoms with van der Waals surface area (Å²) in [5.41, 5.74) is 2.15. The Morgan fingerprint density at radius 1 is 0.947 bits per heavy atom. The summed E-state index contributed by atoms with van der Waals surface area (Å²) in [6.45, 7) is 2.09. The fourth-order valence-corrected chi connectivity index (χ4v) is 2.73. The Kier molecular flexibility index (Phi) is 2.88. The summed E-state index contributed by atoms with van der Waals surface area (Å²) in [4.78, 5) is 0. The third kappa shape index (κ3) is 1.76. The molecule has 0 radical (unpaired) electrons. The van der Waals surface area contributed by atoms with Crippen LogP contribution in [0.25, 0.3) is 21.5 Å². The second-order valence-corrected chi connectivity index (χ2v) is 4.76. The molecule has 0 atom stereocenters. The number of benzene rings is 3. The molecule has 0 aliphatic carbocycles. The van der Waals surface area contributed by atoms with Crippen molar-refractivity contribution in [3.05, 3.63) is 53.6 Å². The van der Waals surface area contributed by atoms with Crippen LogP contribution in [0, 0.1) is 6.92 Å². The number of hydrogen-bond donors (Lipinski definition) is 1. The summed E-state index contributed by atoms with van der Waals surface area (Å²) in [6, 6.07) is 14.3. The first-order valence-electron chi connectivity index (χ1n) is 6.35. The molecular formula is C17H16O2. The number of ether oxygens (including phenoxy) is 1. The summed E-state index contributed by atoms with van der Waals surface area (Å²) in [5.74, 6) is 0.878. The number of rotatable bonds is 2. The molecular weight excluding hydrogens is 236 g/mol. The molecule has 0 aliphatic rings. The summed E-state index contributed by atoms with van der Waals surface area (Å²) in [7, 11) is 1.69. The maximum Gasteiger partial charge on any atom is 0.134 e. The lowest BCUT2D eigenvalue weighted by Crippen LogP contribution is -1.94. The third-order valence-corrected chi connectivity index (χ3v) is 3.60. The van der Waals surface area contributed by atoms with Gasteiger partial charge in [-0.3, -0.25) is 0 Å². The highest BCUT2D eigenvalue weighted by molar-refractivity contribution is 6.08. The van der Waals surface area contributed by atoms with Gasteiger partial charge in [-0.15, -0.1) is 0 Å². The Morgan fingerprint density at radius 3 is 2.32 bits per heavy atom. The third-order valence-electron chi connectivity index (χ3n) is 3.60. The molecule has 0 aliphatic heterocycles. The van der Waals surface area contributed by atoms with E-state index in [1.165, 1.54) is 5.56 Å². The lowest BCUT2D eigenvalue weighted by atomic mass is 9.95. The number of aliphatic hydroxyl groups is 1. The lowest BCUT2D eigenvalue weighted by Gasteiger charge is -2.15. The van der Waals surface area contributed by atoms with Gasteiger partial charge in [-0.25, -0.2) is 0 Å². The minimum Gasteiger partial charge on any atom is -0.495 e. The molecule has 0 fully saturated rings. The Hall–Kier alpha value is -2.06. The van der Waals surface area contributed by atoms with E-state index in [2.05, 4.69) is 25.1 Å². The van der Waals surface area contributed by atoms with E-state index in [0.29, 0.717) is 0 Å². The smallest absolute Gasteiger partial charge is 0.134 e. The molecule has 3 rings (SSSR count). The Bertz CT molecular complexity index is 760. The normalized spacial score (nSPS) is 11.1. The molecule has 1 N–H and O–H groups in total. The highest BCUT2D eigenvalue weighted by Crippen LogP contribution is 2.38. The van der Waals surface area contributed by atoms with E-state index >= 15 is 0 Å². The Morgan fingerprint density at radius 2 is 1.63 bits per heavy atom. The second-order valence-electron chi connectivity index (χ2n) is 4.76. The zero-order chi connectivity index (χ0) is 13.4. The highest BCUT2D eigenvalue weighted by atomic mass is 16.5. The first-order chi connectivity index (χ1) is 9.26. The van der Waals surface area contributed by atoms with Gasteiger partial charge in [0.25, 0.3) is 0 Å². The zero-order valence-corrected chi connectivity index (χ0v) is 11.1. The minimum atomic E-state index is 0.0322. The number of fused-ring (bicyclic) bond motifs is 2. The van der Waals surface area contributed by atoms with Gasteiger partial charge in [0.15, 0.2) is 0 Å². The summed E-state index contributed by atoms with van der Waals surface area (Å²) in [6.07, 6.45) is 0. The average Bonchev–Trinajstić information content (AvgIpc) is 2.44. The summed E-state index contributed by atoms with van der Waals surface area (Å²) < 4.78 is 5.60. The van der Waals surface area contributed by atoms with Crippen molar-refractivity contribution in [2.75, 3.05) is 7.11 Å². The van der Waals surface area contributed by atoms with Crippen molar-refractivity contribution >= 4 is 21.5 Å². The average molecular weight is 252 g/mol. The molecule has 0 amide bonds. The van der Waals surface area contributed by atoms with Crippen LogP contribution in [0.2, 0.25) is 0 Å². The van der Waals surface area contributed by atoms with Crippen molar-refractivity contribution in [2.24, 2.45) is 0 Å². The Balaban J connectivity index is 2.60. The van der Waals surface area contributed by atoms with Crippen molar-refractivity contribution in [3.8, 4) is 5.75 Å². The van der Waals surface area contributed by atoms with Crippen LogP contribution in [0.3, 0.4) is 0 Å². The van der Waals surface area contributed by atoms with Crippen molar-refractivity contribution in [2.45, 2.75) is 13.5 Å². The minimum absolute atomic E-state index is 0.0322. The first kappa shape index (κ1) is 12.0. The van der Waals surface area contributed by atoms with Crippen LogP contribution in [0.15, 0.2) is 42.5 Å². The van der Waals surface area contributed by atoms with Gasteiger partial charge in [-0.2, -0.15) is 0 Å². The van der Waals surface area contributed by atoms with Crippen molar-refractivity contribution in [1.29, 1.82) is 0 Å². The number of aliphatic hydroxyl groups excluding tert-OH is 1. The van der Waals surface area contributed by atoms with E-state index in [0.717, 1.165) is 32.9 Å². The van der Waals surface area contributed by atoms with Crippen LogP contribution in [-0.2, 0) is 6.61 Å². The maximum atomic E-state index is 9.75. The quantitative estimate of drug-likeness (QED) is 0.703. The van der Waals surface area contributed by atoms with Crippen LogP contribution >= 0.6 is 0 Å². The molecule has 3 aromatic rings. The lowest BCUT2D eigenvalue weighted by molar-refractivity contribution is 0.285. The van der Waals surface area contributed by atoms with Crippen molar-refractivity contribution < 1.29 is 9.84 Å². The molecule has 2 nitrogen and oxygen atoms in total. The van der Waals surface area contributed by atoms with Gasteiger partial charge in [-0.1, -0.05) is 48.0 Å². The van der Waals surface area contributed by atoms with E-state index in [1.54, 1.807) is 7.11 Å². The van der Waals surface area contributed by atoms with E-state index in [9.17, 15) is 5.11 Å².